The Bertz CT molecular complexity index is 907. The van der Waals surface area contributed by atoms with Crippen LogP contribution in [0.2, 0.25) is 0 Å². The number of morpholine rings is 1. The van der Waals surface area contributed by atoms with Crippen molar-refractivity contribution in [3.05, 3.63) is 66.2 Å². The first-order chi connectivity index (χ1) is 14.5. The molecule has 1 fully saturated rings. The van der Waals surface area contributed by atoms with Crippen LogP contribution in [0.3, 0.4) is 0 Å². The van der Waals surface area contributed by atoms with Crippen LogP contribution in [-0.4, -0.2) is 56.2 Å². The lowest BCUT2D eigenvalue weighted by Gasteiger charge is -2.27. The van der Waals surface area contributed by atoms with Crippen LogP contribution in [0, 0.1) is 0 Å². The van der Waals surface area contributed by atoms with Gasteiger partial charge < -0.3 is 25.0 Å². The van der Waals surface area contributed by atoms with Crippen LogP contribution < -0.4 is 15.4 Å². The van der Waals surface area contributed by atoms with Crippen LogP contribution in [0.1, 0.15) is 17.3 Å². The number of benzene rings is 2. The summed E-state index contributed by atoms with van der Waals surface area (Å²) in [5.41, 5.74) is 2.87. The maximum atomic E-state index is 12.6. The van der Waals surface area contributed by atoms with Crippen LogP contribution >= 0.6 is 0 Å². The van der Waals surface area contributed by atoms with Crippen molar-refractivity contribution in [1.82, 2.24) is 4.90 Å². The van der Waals surface area contributed by atoms with Crippen molar-refractivity contribution in [1.29, 1.82) is 0 Å². The van der Waals surface area contributed by atoms with Gasteiger partial charge in [0, 0.05) is 36.1 Å². The molecule has 1 saturated heterocycles. The van der Waals surface area contributed by atoms with E-state index in [0.29, 0.717) is 55.6 Å². The number of carbonyl (C=O) groups is 2. The Hall–Kier alpha value is -3.32. The minimum atomic E-state index is -0.197. The van der Waals surface area contributed by atoms with E-state index in [1.165, 1.54) is 0 Å². The van der Waals surface area contributed by atoms with Gasteiger partial charge in [0.05, 0.1) is 19.8 Å². The predicted molar refractivity (Wildman–Crippen MR) is 117 cm³/mol. The lowest BCUT2D eigenvalue weighted by molar-refractivity contribution is -0.114. The van der Waals surface area contributed by atoms with Gasteiger partial charge in [-0.05, 0) is 42.8 Å². The van der Waals surface area contributed by atoms with Gasteiger partial charge in [-0.3, -0.25) is 9.59 Å². The van der Waals surface area contributed by atoms with Gasteiger partial charge in [-0.2, -0.15) is 0 Å². The van der Waals surface area contributed by atoms with Crippen LogP contribution in [0.4, 0.5) is 11.4 Å². The first-order valence-electron chi connectivity index (χ1n) is 9.89. The maximum absolute atomic E-state index is 12.6. The zero-order valence-electron chi connectivity index (χ0n) is 17.1. The minimum absolute atomic E-state index is 0.0297. The molecule has 0 atom stereocenters. The second kappa shape index (κ2) is 10.5. The quantitative estimate of drug-likeness (QED) is 0.655. The molecule has 1 aliphatic rings. The highest BCUT2D eigenvalue weighted by Gasteiger charge is 2.18. The fourth-order valence-corrected chi connectivity index (χ4v) is 2.97. The Labute approximate surface area is 176 Å². The lowest BCUT2D eigenvalue weighted by atomic mass is 10.1. The zero-order chi connectivity index (χ0) is 21.3. The number of hydrogen-bond donors (Lipinski definition) is 2. The van der Waals surface area contributed by atoms with Gasteiger partial charge in [0.15, 0.2) is 0 Å². The molecule has 0 saturated carbocycles. The standard InChI is InChI=1S/C23H27N3O4/c1-17(2)16-30-21-8-4-7-20(14-21)25-22(27)15-24-19-6-3-5-18(13-19)23(28)26-9-11-29-12-10-26/h3-8,13-14,24H,1,9-12,15-16H2,2H3,(H,25,27). The Kier molecular flexibility index (Phi) is 7.45. The molecule has 0 aromatic heterocycles. The van der Waals surface area contributed by atoms with Crippen molar-refractivity contribution >= 4 is 23.2 Å². The van der Waals surface area contributed by atoms with Gasteiger partial charge >= 0.3 is 0 Å². The van der Waals surface area contributed by atoms with Gasteiger partial charge in [0.1, 0.15) is 12.4 Å². The molecule has 7 nitrogen and oxygen atoms in total. The predicted octanol–water partition coefficient (Wildman–Crippen LogP) is 3.16. The summed E-state index contributed by atoms with van der Waals surface area (Å²) >= 11 is 0. The van der Waals surface area contributed by atoms with Gasteiger partial charge in [-0.15, -0.1) is 0 Å². The molecule has 2 aromatic carbocycles. The Morgan fingerprint density at radius 3 is 2.60 bits per heavy atom. The van der Waals surface area contributed by atoms with Crippen molar-refractivity contribution in [2.45, 2.75) is 6.92 Å². The zero-order valence-corrected chi connectivity index (χ0v) is 17.1. The fraction of sp³-hybridized carbons (Fsp3) is 0.304. The number of ether oxygens (including phenoxy) is 2. The number of nitrogens with zero attached hydrogens (tertiary/aromatic N) is 1. The van der Waals surface area contributed by atoms with Gasteiger partial charge in [-0.25, -0.2) is 0 Å². The molecule has 0 unspecified atom stereocenters. The summed E-state index contributed by atoms with van der Waals surface area (Å²) in [6, 6.07) is 14.4. The minimum Gasteiger partial charge on any atom is -0.489 e. The number of carbonyl (C=O) groups excluding carboxylic acids is 2. The van der Waals surface area contributed by atoms with Crippen LogP contribution in [0.25, 0.3) is 0 Å². The van der Waals surface area contributed by atoms with E-state index in [4.69, 9.17) is 9.47 Å². The van der Waals surface area contributed by atoms with Gasteiger partial charge in [0.25, 0.3) is 5.91 Å². The molecular formula is C23H27N3O4. The van der Waals surface area contributed by atoms with E-state index in [-0.39, 0.29) is 18.4 Å². The molecule has 2 amide bonds. The Balaban J connectivity index is 1.53. The van der Waals surface area contributed by atoms with E-state index >= 15 is 0 Å². The summed E-state index contributed by atoms with van der Waals surface area (Å²) in [7, 11) is 0. The topological polar surface area (TPSA) is 79.9 Å². The SMILES string of the molecule is C=C(C)COc1cccc(NC(=O)CNc2cccc(C(=O)N3CCOCC3)c2)c1. The van der Waals surface area contributed by atoms with Crippen molar-refractivity contribution < 1.29 is 19.1 Å². The summed E-state index contributed by atoms with van der Waals surface area (Å²) in [6.45, 7) is 8.50. The van der Waals surface area contributed by atoms with E-state index in [1.54, 1.807) is 35.2 Å². The Morgan fingerprint density at radius 2 is 1.83 bits per heavy atom. The highest BCUT2D eigenvalue weighted by molar-refractivity contribution is 5.96. The summed E-state index contributed by atoms with van der Waals surface area (Å²) in [6.07, 6.45) is 0. The highest BCUT2D eigenvalue weighted by atomic mass is 16.5. The smallest absolute Gasteiger partial charge is 0.254 e. The van der Waals surface area contributed by atoms with Gasteiger partial charge in [0.2, 0.25) is 5.91 Å². The van der Waals surface area contributed by atoms with Crippen LogP contribution in [0.15, 0.2) is 60.7 Å². The first-order valence-corrected chi connectivity index (χ1v) is 9.89. The largest absolute Gasteiger partial charge is 0.489 e. The molecular weight excluding hydrogens is 382 g/mol. The molecule has 3 rings (SSSR count). The fourth-order valence-electron chi connectivity index (χ4n) is 2.97. The van der Waals surface area contributed by atoms with Crippen LogP contribution in [0.5, 0.6) is 5.75 Å². The molecule has 0 spiro atoms. The number of rotatable bonds is 8. The van der Waals surface area contributed by atoms with E-state index in [9.17, 15) is 9.59 Å². The normalized spacial score (nSPS) is 13.4. The third-order valence-corrected chi connectivity index (χ3v) is 4.46. The summed E-state index contributed by atoms with van der Waals surface area (Å²) in [5, 5.41) is 5.90. The second-order valence-corrected chi connectivity index (χ2v) is 7.16. The second-order valence-electron chi connectivity index (χ2n) is 7.16. The van der Waals surface area contributed by atoms with Gasteiger partial charge in [-0.1, -0.05) is 18.7 Å². The summed E-state index contributed by atoms with van der Waals surface area (Å²) in [4.78, 5) is 26.7. The first kappa shape index (κ1) is 21.4. The molecule has 0 aliphatic carbocycles. The van der Waals surface area contributed by atoms with Crippen molar-refractivity contribution in [2.24, 2.45) is 0 Å². The maximum Gasteiger partial charge on any atom is 0.254 e. The molecule has 0 radical (unpaired) electrons. The third-order valence-electron chi connectivity index (χ3n) is 4.46. The van der Waals surface area contributed by atoms with Crippen molar-refractivity contribution in [3.63, 3.8) is 0 Å². The average molecular weight is 409 g/mol. The summed E-state index contributed by atoms with van der Waals surface area (Å²) in [5.74, 6) is 0.438. The highest BCUT2D eigenvalue weighted by Crippen LogP contribution is 2.18. The average Bonchev–Trinajstić information content (AvgIpc) is 2.77. The number of hydrogen-bond acceptors (Lipinski definition) is 5. The van der Waals surface area contributed by atoms with E-state index in [0.717, 1.165) is 5.57 Å². The molecule has 158 valence electrons. The Morgan fingerprint density at radius 1 is 1.10 bits per heavy atom. The van der Waals surface area contributed by atoms with Crippen molar-refractivity contribution in [2.75, 3.05) is 50.1 Å². The molecule has 0 bridgehead atoms. The number of nitrogens with one attached hydrogen (secondary N) is 2. The van der Waals surface area contributed by atoms with Crippen LogP contribution in [-0.2, 0) is 9.53 Å². The number of amides is 2. The molecule has 2 N–H and O–H groups in total. The molecule has 1 heterocycles. The van der Waals surface area contributed by atoms with E-state index in [2.05, 4.69) is 17.2 Å². The lowest BCUT2D eigenvalue weighted by Crippen LogP contribution is -2.40. The monoisotopic (exact) mass is 409 g/mol. The summed E-state index contributed by atoms with van der Waals surface area (Å²) < 4.78 is 10.9. The van der Waals surface area contributed by atoms with E-state index < -0.39 is 0 Å². The molecule has 30 heavy (non-hydrogen) atoms. The molecule has 1 aliphatic heterocycles. The molecule has 7 heteroatoms. The third kappa shape index (κ3) is 6.35. The number of anilines is 2. The van der Waals surface area contributed by atoms with E-state index in [1.807, 2.05) is 25.1 Å². The molecule has 2 aromatic rings. The van der Waals surface area contributed by atoms with Crippen molar-refractivity contribution in [3.8, 4) is 5.75 Å².